The average Bonchev–Trinajstić information content (AvgIpc) is 2.50. The number of nitrogens with one attached hydrogen (secondary N) is 2. The van der Waals surface area contributed by atoms with Crippen molar-refractivity contribution >= 4 is 34.8 Å². The number of carbonyl (C=O) groups excluding carboxylic acids is 2. The number of carbonyl (C=O) groups is 2. The first-order valence-corrected chi connectivity index (χ1v) is 7.80. The number of hydrogen-bond acceptors (Lipinski definition) is 3. The van der Waals surface area contributed by atoms with E-state index in [1.165, 1.54) is 6.92 Å². The van der Waals surface area contributed by atoms with E-state index >= 15 is 0 Å². The molecule has 0 saturated carbocycles. The van der Waals surface area contributed by atoms with Gasteiger partial charge in [0.25, 0.3) is 0 Å². The molecule has 24 heavy (non-hydrogen) atoms. The molecule has 2 rings (SSSR count). The summed E-state index contributed by atoms with van der Waals surface area (Å²) in [7, 11) is 0. The number of rotatable bonds is 5. The highest BCUT2D eigenvalue weighted by atomic mass is 35.5. The number of halogens is 1. The van der Waals surface area contributed by atoms with Gasteiger partial charge in [0.2, 0.25) is 11.8 Å². The summed E-state index contributed by atoms with van der Waals surface area (Å²) >= 11 is 6.00. The van der Waals surface area contributed by atoms with Gasteiger partial charge in [-0.1, -0.05) is 41.9 Å². The number of amides is 2. The normalized spacial score (nSPS) is 13.0. The van der Waals surface area contributed by atoms with Gasteiger partial charge in [0.15, 0.2) is 0 Å². The van der Waals surface area contributed by atoms with E-state index in [9.17, 15) is 14.7 Å². The van der Waals surface area contributed by atoms with Gasteiger partial charge >= 0.3 is 0 Å². The van der Waals surface area contributed by atoms with Crippen molar-refractivity contribution in [1.29, 1.82) is 0 Å². The summed E-state index contributed by atoms with van der Waals surface area (Å²) in [6.07, 6.45) is -0.102. The summed E-state index contributed by atoms with van der Waals surface area (Å²) in [5.74, 6) is -0.604. The molecule has 126 valence electrons. The molecule has 2 aromatic carbocycles. The minimum atomic E-state index is -1.28. The number of anilines is 2. The molecule has 3 N–H and O–H groups in total. The van der Waals surface area contributed by atoms with Crippen molar-refractivity contribution in [3.05, 3.63) is 59.1 Å². The Morgan fingerprint density at radius 2 is 1.79 bits per heavy atom. The van der Waals surface area contributed by atoms with E-state index in [-0.39, 0.29) is 18.2 Å². The summed E-state index contributed by atoms with van der Waals surface area (Å²) in [6, 6.07) is 13.8. The van der Waals surface area contributed by atoms with E-state index in [0.29, 0.717) is 22.0 Å². The van der Waals surface area contributed by atoms with Gasteiger partial charge < -0.3 is 15.7 Å². The summed E-state index contributed by atoms with van der Waals surface area (Å²) in [6.45, 7) is 2.96. The van der Waals surface area contributed by atoms with Crippen LogP contribution in [-0.4, -0.2) is 16.9 Å². The van der Waals surface area contributed by atoms with E-state index in [0.717, 1.165) is 0 Å². The first-order chi connectivity index (χ1) is 11.3. The predicted molar refractivity (Wildman–Crippen MR) is 95.0 cm³/mol. The smallest absolute Gasteiger partial charge is 0.227 e. The van der Waals surface area contributed by atoms with Crippen molar-refractivity contribution in [1.82, 2.24) is 0 Å². The average molecular weight is 347 g/mol. The minimum Gasteiger partial charge on any atom is -0.385 e. The Balaban J connectivity index is 2.08. The Morgan fingerprint density at radius 1 is 1.12 bits per heavy atom. The van der Waals surface area contributed by atoms with Gasteiger partial charge in [-0.25, -0.2) is 0 Å². The Morgan fingerprint density at radius 3 is 2.42 bits per heavy atom. The van der Waals surface area contributed by atoms with Crippen LogP contribution in [0.2, 0.25) is 5.02 Å². The van der Waals surface area contributed by atoms with E-state index in [4.69, 9.17) is 11.6 Å². The molecule has 0 aromatic heterocycles. The third kappa shape index (κ3) is 4.81. The molecular formula is C18H19ClN2O3. The molecule has 2 amide bonds. The maximum atomic E-state index is 12.2. The van der Waals surface area contributed by atoms with Gasteiger partial charge in [-0.2, -0.15) is 0 Å². The van der Waals surface area contributed by atoms with Crippen LogP contribution in [0.1, 0.15) is 25.8 Å². The lowest BCUT2D eigenvalue weighted by Crippen LogP contribution is -2.28. The van der Waals surface area contributed by atoms with Crippen molar-refractivity contribution in [3.8, 4) is 0 Å². The fourth-order valence-corrected chi connectivity index (χ4v) is 2.47. The molecule has 2 aromatic rings. The predicted octanol–water partition coefficient (Wildman–Crippen LogP) is 3.53. The van der Waals surface area contributed by atoms with Gasteiger partial charge in [-0.05, 0) is 30.7 Å². The van der Waals surface area contributed by atoms with Crippen LogP contribution >= 0.6 is 11.6 Å². The molecule has 0 aliphatic carbocycles. The minimum absolute atomic E-state index is 0.102. The van der Waals surface area contributed by atoms with Crippen molar-refractivity contribution in [2.24, 2.45) is 0 Å². The lowest BCUT2D eigenvalue weighted by Gasteiger charge is -2.23. The van der Waals surface area contributed by atoms with Crippen LogP contribution < -0.4 is 10.6 Å². The second-order valence-electron chi connectivity index (χ2n) is 5.74. The Bertz CT molecular complexity index is 745. The topological polar surface area (TPSA) is 78.4 Å². The van der Waals surface area contributed by atoms with Crippen LogP contribution in [-0.2, 0) is 15.2 Å². The summed E-state index contributed by atoms with van der Waals surface area (Å²) in [4.78, 5) is 23.4. The maximum absolute atomic E-state index is 12.2. The summed E-state index contributed by atoms with van der Waals surface area (Å²) < 4.78 is 0. The zero-order valence-corrected chi connectivity index (χ0v) is 14.2. The largest absolute Gasteiger partial charge is 0.385 e. The van der Waals surface area contributed by atoms with Gasteiger partial charge in [0.05, 0.1) is 22.7 Å². The zero-order chi connectivity index (χ0) is 17.7. The third-order valence-corrected chi connectivity index (χ3v) is 3.79. The molecule has 0 spiro atoms. The van der Waals surface area contributed by atoms with Crippen LogP contribution in [0, 0.1) is 0 Å². The van der Waals surface area contributed by atoms with E-state index in [2.05, 4.69) is 10.6 Å². The molecule has 1 unspecified atom stereocenters. The summed E-state index contributed by atoms with van der Waals surface area (Å²) in [5.41, 5.74) is 0.280. The van der Waals surface area contributed by atoms with Crippen LogP contribution in [0.3, 0.4) is 0 Å². The van der Waals surface area contributed by atoms with E-state index < -0.39 is 5.60 Å². The SMILES string of the molecule is CC(=O)Nc1cc(NC(=O)CC(C)(O)c2ccccc2)ccc1Cl. The molecule has 0 bridgehead atoms. The van der Waals surface area contributed by atoms with Crippen LogP contribution in [0.5, 0.6) is 0 Å². The quantitative estimate of drug-likeness (QED) is 0.774. The van der Waals surface area contributed by atoms with Gasteiger partial charge in [0, 0.05) is 12.6 Å². The van der Waals surface area contributed by atoms with Gasteiger partial charge in [0.1, 0.15) is 0 Å². The standard InChI is InChI=1S/C18H19ClN2O3/c1-12(22)20-16-10-14(8-9-15(16)19)21-17(23)11-18(2,24)13-6-4-3-5-7-13/h3-10,24H,11H2,1-2H3,(H,20,22)(H,21,23). The first-order valence-electron chi connectivity index (χ1n) is 7.43. The van der Waals surface area contributed by atoms with E-state index in [1.807, 2.05) is 6.07 Å². The second kappa shape index (κ2) is 7.47. The molecule has 0 aliphatic heterocycles. The molecule has 0 radical (unpaired) electrons. The first kappa shape index (κ1) is 18.0. The number of aliphatic hydroxyl groups is 1. The lowest BCUT2D eigenvalue weighted by atomic mass is 9.92. The third-order valence-electron chi connectivity index (χ3n) is 3.46. The molecule has 1 atom stereocenters. The second-order valence-corrected chi connectivity index (χ2v) is 6.15. The fourth-order valence-electron chi connectivity index (χ4n) is 2.31. The van der Waals surface area contributed by atoms with Crippen molar-refractivity contribution in [2.75, 3.05) is 10.6 Å². The van der Waals surface area contributed by atoms with Crippen LogP contribution in [0.25, 0.3) is 0 Å². The Labute approximate surface area is 145 Å². The van der Waals surface area contributed by atoms with Crippen molar-refractivity contribution < 1.29 is 14.7 Å². The molecule has 0 heterocycles. The Hall–Kier alpha value is -2.37. The molecule has 5 nitrogen and oxygen atoms in total. The van der Waals surface area contributed by atoms with Crippen LogP contribution in [0.4, 0.5) is 11.4 Å². The monoisotopic (exact) mass is 346 g/mol. The highest BCUT2D eigenvalue weighted by molar-refractivity contribution is 6.33. The number of hydrogen-bond donors (Lipinski definition) is 3. The Kier molecular flexibility index (Phi) is 5.59. The van der Waals surface area contributed by atoms with Gasteiger partial charge in [-0.3, -0.25) is 9.59 Å². The number of benzene rings is 2. The van der Waals surface area contributed by atoms with Gasteiger partial charge in [-0.15, -0.1) is 0 Å². The summed E-state index contributed by atoms with van der Waals surface area (Å²) in [5, 5.41) is 16.2. The molecular weight excluding hydrogens is 328 g/mol. The molecule has 0 aliphatic rings. The van der Waals surface area contributed by atoms with Crippen LogP contribution in [0.15, 0.2) is 48.5 Å². The molecule has 0 saturated heterocycles. The van der Waals surface area contributed by atoms with Crippen molar-refractivity contribution in [3.63, 3.8) is 0 Å². The van der Waals surface area contributed by atoms with Crippen molar-refractivity contribution in [2.45, 2.75) is 25.9 Å². The maximum Gasteiger partial charge on any atom is 0.227 e. The fraction of sp³-hybridized carbons (Fsp3) is 0.222. The highest BCUT2D eigenvalue weighted by Crippen LogP contribution is 2.27. The van der Waals surface area contributed by atoms with E-state index in [1.54, 1.807) is 49.4 Å². The molecule has 0 fully saturated rings. The highest BCUT2D eigenvalue weighted by Gasteiger charge is 2.26. The zero-order valence-electron chi connectivity index (χ0n) is 13.5. The molecule has 6 heteroatoms. The lowest BCUT2D eigenvalue weighted by molar-refractivity contribution is -0.120.